The summed E-state index contributed by atoms with van der Waals surface area (Å²) >= 11 is 2.98. The minimum Gasteiger partial charge on any atom is -0.493 e. The lowest BCUT2D eigenvalue weighted by Gasteiger charge is -2.36. The minimum absolute atomic E-state index is 0.227. The maximum atomic E-state index is 13.2. The van der Waals surface area contributed by atoms with Crippen molar-refractivity contribution in [3.8, 4) is 11.5 Å². The van der Waals surface area contributed by atoms with Crippen molar-refractivity contribution in [3.05, 3.63) is 64.4 Å². The molecule has 4 aromatic rings. The van der Waals surface area contributed by atoms with Crippen molar-refractivity contribution in [1.82, 2.24) is 15.2 Å². The molecule has 13 heteroatoms. The first-order valence-corrected chi connectivity index (χ1v) is 14.5. The number of hydrogen-bond donors (Lipinski definition) is 3. The van der Waals surface area contributed by atoms with E-state index < -0.39 is 12.1 Å². The summed E-state index contributed by atoms with van der Waals surface area (Å²) in [7, 11) is 3.09. The second kappa shape index (κ2) is 12.4. The number of methoxy groups -OCH3 is 2. The van der Waals surface area contributed by atoms with Gasteiger partial charge in [0.05, 0.1) is 24.4 Å². The molecule has 0 bridgehead atoms. The topological polar surface area (TPSA) is 133 Å². The van der Waals surface area contributed by atoms with Crippen LogP contribution in [0.4, 0.5) is 15.6 Å². The molecule has 3 N–H and O–H groups in total. The average molecular weight is 596 g/mol. The Morgan fingerprint density at radius 2 is 1.80 bits per heavy atom. The van der Waals surface area contributed by atoms with Crippen LogP contribution in [-0.2, 0) is 11.2 Å². The molecule has 0 radical (unpaired) electrons. The van der Waals surface area contributed by atoms with Crippen LogP contribution in [0.5, 0.6) is 11.5 Å². The van der Waals surface area contributed by atoms with Crippen molar-refractivity contribution in [2.75, 3.05) is 50.6 Å². The number of fused-ring (bicyclic) bond motifs is 1. The Hall–Kier alpha value is -4.36. The molecule has 11 nitrogen and oxygen atoms in total. The zero-order valence-electron chi connectivity index (χ0n) is 22.5. The molecule has 3 amide bonds. The van der Waals surface area contributed by atoms with E-state index in [0.717, 1.165) is 20.2 Å². The van der Waals surface area contributed by atoms with Crippen LogP contribution in [0.3, 0.4) is 0 Å². The Morgan fingerprint density at radius 3 is 2.49 bits per heavy atom. The highest BCUT2D eigenvalue weighted by molar-refractivity contribution is 7.22. The summed E-state index contributed by atoms with van der Waals surface area (Å²) in [5.41, 5.74) is 1.87. The van der Waals surface area contributed by atoms with Crippen LogP contribution in [-0.4, -0.2) is 79.3 Å². The highest BCUT2D eigenvalue weighted by Crippen LogP contribution is 2.32. The van der Waals surface area contributed by atoms with Crippen molar-refractivity contribution in [1.29, 1.82) is 0 Å². The van der Waals surface area contributed by atoms with Gasteiger partial charge in [-0.2, -0.15) is 0 Å². The van der Waals surface area contributed by atoms with Gasteiger partial charge < -0.3 is 35.0 Å². The van der Waals surface area contributed by atoms with Crippen LogP contribution in [0.25, 0.3) is 10.2 Å². The van der Waals surface area contributed by atoms with Gasteiger partial charge in [-0.1, -0.05) is 17.4 Å². The van der Waals surface area contributed by atoms with Crippen LogP contribution in [0.1, 0.15) is 15.2 Å². The lowest BCUT2D eigenvalue weighted by Crippen LogP contribution is -2.55. The van der Waals surface area contributed by atoms with Gasteiger partial charge in [-0.3, -0.25) is 9.59 Å². The normalized spacial score (nSPS) is 14.0. The first-order chi connectivity index (χ1) is 19.8. The molecule has 2 aromatic heterocycles. The van der Waals surface area contributed by atoms with E-state index in [4.69, 9.17) is 14.5 Å². The second-order valence-corrected chi connectivity index (χ2v) is 11.3. The fourth-order valence-electron chi connectivity index (χ4n) is 4.62. The lowest BCUT2D eigenvalue weighted by atomic mass is 10.1. The molecular weight excluding hydrogens is 566 g/mol. The number of nitrogens with zero attached hydrogens (tertiary/aromatic N) is 3. The van der Waals surface area contributed by atoms with E-state index in [-0.39, 0.29) is 11.8 Å². The number of thiophene rings is 1. The average Bonchev–Trinajstić information content (AvgIpc) is 3.66. The number of benzene rings is 2. The SMILES string of the molecule is COc1ccc(NC(=O)c2ccc3nc(N4CCN(C(=O)C(Cc5cccs5)NC(=O)O)CC4)sc3c2)cc1OC. The summed E-state index contributed by atoms with van der Waals surface area (Å²) in [6.45, 7) is 2.04. The molecule has 1 aliphatic rings. The Kier molecular flexibility index (Phi) is 8.55. The molecule has 1 saturated heterocycles. The molecule has 1 unspecified atom stereocenters. The molecule has 1 fully saturated rings. The maximum Gasteiger partial charge on any atom is 0.405 e. The van der Waals surface area contributed by atoms with E-state index in [1.165, 1.54) is 29.8 Å². The van der Waals surface area contributed by atoms with Crippen LogP contribution in [0, 0.1) is 0 Å². The van der Waals surface area contributed by atoms with Gasteiger partial charge in [0.25, 0.3) is 5.91 Å². The smallest absolute Gasteiger partial charge is 0.405 e. The highest BCUT2D eigenvalue weighted by Gasteiger charge is 2.30. The fourth-order valence-corrected chi connectivity index (χ4v) is 6.43. The number of hydrogen-bond acceptors (Lipinski definition) is 9. The molecular formula is C28H29N5O6S2. The summed E-state index contributed by atoms with van der Waals surface area (Å²) in [6.07, 6.45) is -0.896. The summed E-state index contributed by atoms with van der Waals surface area (Å²) in [5, 5.41) is 17.2. The van der Waals surface area contributed by atoms with Crippen molar-refractivity contribution >= 4 is 61.6 Å². The fraction of sp³-hybridized carbons (Fsp3) is 0.286. The first-order valence-electron chi connectivity index (χ1n) is 12.8. The summed E-state index contributed by atoms with van der Waals surface area (Å²) < 4.78 is 11.4. The van der Waals surface area contributed by atoms with Crippen molar-refractivity contribution < 1.29 is 29.0 Å². The standard InChI is InChI=1S/C28H29N5O6S2/c1-38-22-8-6-18(15-23(22)39-2)29-25(34)17-5-7-20-24(14-17)41-27(30-20)33-11-9-32(10-12-33)26(35)21(31-28(36)37)16-19-4-3-13-40-19/h3-8,13-15,21,31H,9-12,16H2,1-2H3,(H,29,34)(H,36,37). The van der Waals surface area contributed by atoms with Crippen LogP contribution in [0.2, 0.25) is 0 Å². The Balaban J connectivity index is 1.22. The molecule has 5 rings (SSSR count). The molecule has 1 aliphatic heterocycles. The maximum absolute atomic E-state index is 13.2. The molecule has 0 aliphatic carbocycles. The third-order valence-corrected chi connectivity index (χ3v) is 8.70. The number of piperazine rings is 1. The van der Waals surface area contributed by atoms with E-state index in [0.29, 0.717) is 55.3 Å². The number of thiazole rings is 1. The number of aromatic nitrogens is 1. The minimum atomic E-state index is -1.22. The summed E-state index contributed by atoms with van der Waals surface area (Å²) in [5.74, 6) is 0.610. The van der Waals surface area contributed by atoms with Gasteiger partial charge in [-0.25, -0.2) is 9.78 Å². The Bertz CT molecular complexity index is 1550. The van der Waals surface area contributed by atoms with Crippen LogP contribution in [0.15, 0.2) is 53.9 Å². The van der Waals surface area contributed by atoms with E-state index in [2.05, 4.69) is 15.5 Å². The van der Waals surface area contributed by atoms with Gasteiger partial charge >= 0.3 is 6.09 Å². The molecule has 0 spiro atoms. The van der Waals surface area contributed by atoms with Crippen molar-refractivity contribution in [2.45, 2.75) is 12.5 Å². The van der Waals surface area contributed by atoms with E-state index in [9.17, 15) is 19.5 Å². The zero-order chi connectivity index (χ0) is 28.9. The third-order valence-electron chi connectivity index (χ3n) is 6.72. The monoisotopic (exact) mass is 595 g/mol. The molecule has 0 saturated carbocycles. The number of amides is 3. The summed E-state index contributed by atoms with van der Waals surface area (Å²) in [6, 6.07) is 13.5. The number of nitrogens with one attached hydrogen (secondary N) is 2. The quantitative estimate of drug-likeness (QED) is 0.263. The largest absolute Gasteiger partial charge is 0.493 e. The molecule has 3 heterocycles. The van der Waals surface area contributed by atoms with Gasteiger partial charge in [0.2, 0.25) is 5.91 Å². The number of ether oxygens (including phenoxy) is 2. The van der Waals surface area contributed by atoms with Crippen LogP contribution < -0.4 is 25.0 Å². The van der Waals surface area contributed by atoms with Crippen molar-refractivity contribution in [3.63, 3.8) is 0 Å². The van der Waals surface area contributed by atoms with Gasteiger partial charge in [-0.15, -0.1) is 11.3 Å². The van der Waals surface area contributed by atoms with Gasteiger partial charge in [0.15, 0.2) is 16.6 Å². The van der Waals surface area contributed by atoms with E-state index in [1.807, 2.05) is 29.6 Å². The van der Waals surface area contributed by atoms with E-state index >= 15 is 0 Å². The molecule has 214 valence electrons. The molecule has 1 atom stereocenters. The Morgan fingerprint density at radius 1 is 1.02 bits per heavy atom. The molecule has 41 heavy (non-hydrogen) atoms. The number of rotatable bonds is 9. The first kappa shape index (κ1) is 28.2. The lowest BCUT2D eigenvalue weighted by molar-refractivity contribution is -0.133. The van der Waals surface area contributed by atoms with E-state index in [1.54, 1.807) is 36.3 Å². The Labute approximate surface area is 244 Å². The van der Waals surface area contributed by atoms with Gasteiger partial charge in [0, 0.05) is 54.8 Å². The van der Waals surface area contributed by atoms with Gasteiger partial charge in [0.1, 0.15) is 6.04 Å². The predicted molar refractivity (Wildman–Crippen MR) is 159 cm³/mol. The number of carbonyl (C=O) groups is 3. The second-order valence-electron chi connectivity index (χ2n) is 9.30. The van der Waals surface area contributed by atoms with Crippen molar-refractivity contribution in [2.24, 2.45) is 0 Å². The molecule has 2 aromatic carbocycles. The third kappa shape index (κ3) is 6.52. The van der Waals surface area contributed by atoms with Crippen LogP contribution >= 0.6 is 22.7 Å². The predicted octanol–water partition coefficient (Wildman–Crippen LogP) is 4.15. The summed E-state index contributed by atoms with van der Waals surface area (Å²) in [4.78, 5) is 47.0. The zero-order valence-corrected chi connectivity index (χ0v) is 24.1. The number of anilines is 2. The number of carboxylic acid groups (broad SMARTS) is 1. The van der Waals surface area contributed by atoms with Gasteiger partial charge in [-0.05, 0) is 41.8 Å². The number of carbonyl (C=O) groups excluding carboxylic acids is 2. The highest BCUT2D eigenvalue weighted by atomic mass is 32.1.